The van der Waals surface area contributed by atoms with E-state index in [4.69, 9.17) is 5.73 Å². The Hall–Kier alpha value is -2.62. The number of benzene rings is 2. The van der Waals surface area contributed by atoms with Crippen LogP contribution in [0.15, 0.2) is 48.5 Å². The van der Waals surface area contributed by atoms with Crippen LogP contribution < -0.4 is 10.6 Å². The van der Waals surface area contributed by atoms with E-state index >= 15 is 0 Å². The highest BCUT2D eigenvalue weighted by molar-refractivity contribution is 6.20. The van der Waals surface area contributed by atoms with Crippen LogP contribution in [0.25, 0.3) is 0 Å². The van der Waals surface area contributed by atoms with Crippen LogP contribution in [0.5, 0.6) is 0 Å². The number of carbonyl (C=O) groups excluding carboxylic acids is 2. The maximum Gasteiger partial charge on any atom is 0.265 e. The molecule has 0 unspecified atom stereocenters. The molecule has 0 atom stereocenters. The van der Waals surface area contributed by atoms with Crippen LogP contribution in [0.4, 0.5) is 11.4 Å². The van der Waals surface area contributed by atoms with Crippen molar-refractivity contribution in [3.63, 3.8) is 0 Å². The minimum absolute atomic E-state index is 0.349. The molecule has 0 heterocycles. The van der Waals surface area contributed by atoms with Crippen molar-refractivity contribution in [2.45, 2.75) is 6.92 Å². The molecule has 20 heavy (non-hydrogen) atoms. The monoisotopic (exact) mass is 267 g/mol. The maximum atomic E-state index is 12.4. The Morgan fingerprint density at radius 3 is 2.05 bits per heavy atom. The Balaban J connectivity index is 2.38. The molecule has 0 saturated carbocycles. The Morgan fingerprint density at radius 1 is 1.00 bits per heavy atom. The molecule has 2 amide bonds. The predicted molar refractivity (Wildman–Crippen MR) is 79.2 cm³/mol. The third kappa shape index (κ3) is 2.85. The lowest BCUT2D eigenvalue weighted by molar-refractivity contribution is -0.115. The van der Waals surface area contributed by atoms with Crippen molar-refractivity contribution < 1.29 is 9.59 Å². The first-order chi connectivity index (χ1) is 9.49. The van der Waals surface area contributed by atoms with Gasteiger partial charge in [0.05, 0.1) is 5.69 Å². The van der Waals surface area contributed by atoms with E-state index in [0.717, 1.165) is 10.5 Å². The fourth-order valence-corrected chi connectivity index (χ4v) is 1.84. The molecule has 0 spiro atoms. The van der Waals surface area contributed by atoms with Crippen molar-refractivity contribution in [3.05, 3.63) is 66.6 Å². The molecule has 4 nitrogen and oxygen atoms in total. The predicted octanol–water partition coefficient (Wildman–Crippen LogP) is 2.64. The summed E-state index contributed by atoms with van der Waals surface area (Å²) in [6.07, 6.45) is 0. The minimum atomic E-state index is -0.373. The van der Waals surface area contributed by atoms with E-state index in [-0.39, 0.29) is 11.8 Å². The molecular formula is C16H15N2O2. The van der Waals surface area contributed by atoms with Gasteiger partial charge in [0.2, 0.25) is 5.91 Å². The average molecular weight is 267 g/mol. The number of imide groups is 1. The van der Waals surface area contributed by atoms with E-state index in [0.29, 0.717) is 16.9 Å². The highest BCUT2D eigenvalue weighted by Gasteiger charge is 2.21. The number of nitrogen functional groups attached to an aromatic ring is 1. The van der Waals surface area contributed by atoms with Crippen LogP contribution in [-0.4, -0.2) is 11.8 Å². The Kier molecular flexibility index (Phi) is 3.84. The van der Waals surface area contributed by atoms with Crippen molar-refractivity contribution in [2.24, 2.45) is 0 Å². The van der Waals surface area contributed by atoms with Crippen LogP contribution >= 0.6 is 0 Å². The Labute approximate surface area is 117 Å². The molecule has 0 aliphatic rings. The second kappa shape index (κ2) is 5.57. The van der Waals surface area contributed by atoms with Crippen LogP contribution in [0.2, 0.25) is 0 Å². The zero-order valence-electron chi connectivity index (χ0n) is 11.2. The second-order valence-electron chi connectivity index (χ2n) is 4.45. The van der Waals surface area contributed by atoms with E-state index in [1.165, 1.54) is 6.92 Å². The number of nitrogens with zero attached hydrogens (tertiary/aromatic N) is 1. The third-order valence-electron chi connectivity index (χ3n) is 2.87. The summed E-state index contributed by atoms with van der Waals surface area (Å²) in [5.74, 6) is -0.722. The van der Waals surface area contributed by atoms with Crippen LogP contribution in [0.3, 0.4) is 0 Å². The van der Waals surface area contributed by atoms with Crippen LogP contribution in [0, 0.1) is 6.92 Å². The Morgan fingerprint density at radius 2 is 1.55 bits per heavy atom. The number of carbonyl (C=O) groups is 2. The van der Waals surface area contributed by atoms with Crippen molar-refractivity contribution >= 4 is 23.2 Å². The topological polar surface area (TPSA) is 63.4 Å². The summed E-state index contributed by atoms with van der Waals surface area (Å²) in [6, 6.07) is 13.4. The molecule has 0 fully saturated rings. The van der Waals surface area contributed by atoms with E-state index in [2.05, 4.69) is 6.92 Å². The summed E-state index contributed by atoms with van der Waals surface area (Å²) >= 11 is 0. The minimum Gasteiger partial charge on any atom is -0.399 e. The van der Waals surface area contributed by atoms with E-state index < -0.39 is 0 Å². The number of amides is 2. The van der Waals surface area contributed by atoms with E-state index in [9.17, 15) is 9.59 Å². The maximum absolute atomic E-state index is 12.4. The lowest BCUT2D eigenvalue weighted by atomic mass is 10.1. The molecule has 2 aromatic carbocycles. The highest BCUT2D eigenvalue weighted by Crippen LogP contribution is 2.19. The molecule has 0 bridgehead atoms. The first kappa shape index (κ1) is 13.8. The van der Waals surface area contributed by atoms with Gasteiger partial charge in [-0.1, -0.05) is 12.1 Å². The molecule has 1 radical (unpaired) electrons. The van der Waals surface area contributed by atoms with Crippen molar-refractivity contribution in [1.82, 2.24) is 0 Å². The van der Waals surface area contributed by atoms with Crippen LogP contribution in [0.1, 0.15) is 22.8 Å². The first-order valence-corrected chi connectivity index (χ1v) is 6.11. The van der Waals surface area contributed by atoms with E-state index in [1.807, 2.05) is 0 Å². The standard InChI is InChI=1S/C16H15N2O2/c1-11-3-5-13(6-4-11)16(20)18(12(2)19)15-9-7-14(17)8-10-15/h3-10H,1,17H2,2H3. The number of hydrogen-bond acceptors (Lipinski definition) is 3. The fraction of sp³-hybridized carbons (Fsp3) is 0.0625. The van der Waals surface area contributed by atoms with Gasteiger partial charge in [-0.05, 0) is 48.9 Å². The lowest BCUT2D eigenvalue weighted by Crippen LogP contribution is -2.35. The molecule has 2 aromatic rings. The van der Waals surface area contributed by atoms with Gasteiger partial charge >= 0.3 is 0 Å². The summed E-state index contributed by atoms with van der Waals surface area (Å²) in [7, 11) is 0. The fourth-order valence-electron chi connectivity index (χ4n) is 1.84. The molecule has 0 aromatic heterocycles. The molecule has 0 saturated heterocycles. The van der Waals surface area contributed by atoms with Crippen molar-refractivity contribution in [2.75, 3.05) is 10.6 Å². The van der Waals surface area contributed by atoms with Gasteiger partial charge in [-0.15, -0.1) is 0 Å². The number of hydrogen-bond donors (Lipinski definition) is 1. The lowest BCUT2D eigenvalue weighted by Gasteiger charge is -2.19. The molecule has 4 heteroatoms. The molecule has 0 aliphatic carbocycles. The van der Waals surface area contributed by atoms with E-state index in [1.54, 1.807) is 48.5 Å². The zero-order chi connectivity index (χ0) is 14.7. The zero-order valence-corrected chi connectivity index (χ0v) is 11.2. The SMILES string of the molecule is [CH2]c1ccc(C(=O)N(C(C)=O)c2ccc(N)cc2)cc1. The first-order valence-electron chi connectivity index (χ1n) is 6.11. The number of rotatable bonds is 2. The van der Waals surface area contributed by atoms with Gasteiger partial charge in [0.25, 0.3) is 5.91 Å². The van der Waals surface area contributed by atoms with Gasteiger partial charge in [-0.2, -0.15) is 0 Å². The summed E-state index contributed by atoms with van der Waals surface area (Å²) in [5, 5.41) is 0. The summed E-state index contributed by atoms with van der Waals surface area (Å²) in [6.45, 7) is 5.11. The summed E-state index contributed by atoms with van der Waals surface area (Å²) < 4.78 is 0. The quantitative estimate of drug-likeness (QED) is 0.851. The van der Waals surface area contributed by atoms with Crippen molar-refractivity contribution in [3.8, 4) is 0 Å². The molecule has 2 rings (SSSR count). The largest absolute Gasteiger partial charge is 0.399 e. The van der Waals surface area contributed by atoms with Crippen molar-refractivity contribution in [1.29, 1.82) is 0 Å². The normalized spacial score (nSPS) is 10.1. The van der Waals surface area contributed by atoms with Crippen LogP contribution in [-0.2, 0) is 4.79 Å². The molecule has 2 N–H and O–H groups in total. The summed E-state index contributed by atoms with van der Waals surface area (Å²) in [4.78, 5) is 25.3. The van der Waals surface area contributed by atoms with Gasteiger partial charge in [0.15, 0.2) is 0 Å². The number of anilines is 2. The number of nitrogens with two attached hydrogens (primary N) is 1. The molecular weight excluding hydrogens is 252 g/mol. The van der Waals surface area contributed by atoms with Gasteiger partial charge in [0.1, 0.15) is 0 Å². The van der Waals surface area contributed by atoms with Gasteiger partial charge in [-0.25, -0.2) is 4.90 Å². The highest BCUT2D eigenvalue weighted by atomic mass is 16.2. The smallest absolute Gasteiger partial charge is 0.265 e. The third-order valence-corrected chi connectivity index (χ3v) is 2.87. The second-order valence-corrected chi connectivity index (χ2v) is 4.45. The summed E-state index contributed by atoms with van der Waals surface area (Å²) in [5.41, 5.74) is 7.93. The van der Waals surface area contributed by atoms with Gasteiger partial charge in [-0.3, -0.25) is 9.59 Å². The van der Waals surface area contributed by atoms with Gasteiger partial charge < -0.3 is 5.73 Å². The molecule has 0 aliphatic heterocycles. The molecule has 101 valence electrons. The Bertz CT molecular complexity index is 631. The van der Waals surface area contributed by atoms with Gasteiger partial charge in [0, 0.05) is 18.2 Å². The average Bonchev–Trinajstić information content (AvgIpc) is 2.41.